The van der Waals surface area contributed by atoms with Gasteiger partial charge >= 0.3 is 17.9 Å². The Morgan fingerprint density at radius 3 is 2.07 bits per heavy atom. The molecule has 0 spiro atoms. The van der Waals surface area contributed by atoms with Crippen molar-refractivity contribution in [1.29, 1.82) is 0 Å². The molecular weight excluding hydrogens is 424 g/mol. The Bertz CT molecular complexity index is 717. The predicted molar refractivity (Wildman–Crippen MR) is 103 cm³/mol. The number of nitrogens with one attached hydrogen (secondary N) is 2. The SMILES string of the molecule is NC(CS)C(=O)NC(CC(=O)O)C(=O)N1CCCC1C(=O)NC(CC(=O)O)C(=O)O. The molecular formula is C16H24N4O9S. The van der Waals surface area contributed by atoms with E-state index in [9.17, 15) is 28.8 Å². The zero-order chi connectivity index (χ0) is 23.0. The number of thiol groups is 1. The maximum absolute atomic E-state index is 12.8. The second kappa shape index (κ2) is 11.3. The summed E-state index contributed by atoms with van der Waals surface area (Å²) in [5.41, 5.74) is 5.52. The first-order valence-corrected chi connectivity index (χ1v) is 9.55. The third-order valence-corrected chi connectivity index (χ3v) is 4.75. The molecule has 13 nitrogen and oxygen atoms in total. The Hall–Kier alpha value is -2.87. The second-order valence-corrected chi connectivity index (χ2v) is 7.00. The maximum Gasteiger partial charge on any atom is 0.326 e. The first kappa shape index (κ1) is 25.2. The van der Waals surface area contributed by atoms with Crippen molar-refractivity contribution in [2.45, 2.75) is 49.9 Å². The van der Waals surface area contributed by atoms with Gasteiger partial charge in [-0.15, -0.1) is 0 Å². The third kappa shape index (κ3) is 7.18. The minimum atomic E-state index is -1.70. The zero-order valence-electron chi connectivity index (χ0n) is 15.8. The average Bonchev–Trinajstić information content (AvgIpc) is 3.14. The topological polar surface area (TPSA) is 216 Å². The highest BCUT2D eigenvalue weighted by molar-refractivity contribution is 7.80. The lowest BCUT2D eigenvalue weighted by molar-refractivity contribution is -0.149. The van der Waals surface area contributed by atoms with Crippen molar-refractivity contribution in [2.24, 2.45) is 5.73 Å². The second-order valence-electron chi connectivity index (χ2n) is 6.64. The molecule has 1 saturated heterocycles. The van der Waals surface area contributed by atoms with Gasteiger partial charge in [0.25, 0.3) is 0 Å². The van der Waals surface area contributed by atoms with Gasteiger partial charge in [-0.2, -0.15) is 12.6 Å². The summed E-state index contributed by atoms with van der Waals surface area (Å²) in [7, 11) is 0. The lowest BCUT2D eigenvalue weighted by atomic mass is 10.1. The van der Waals surface area contributed by atoms with Crippen molar-refractivity contribution in [3.63, 3.8) is 0 Å². The van der Waals surface area contributed by atoms with E-state index in [0.717, 1.165) is 4.90 Å². The maximum atomic E-state index is 12.8. The van der Waals surface area contributed by atoms with Gasteiger partial charge in [-0.1, -0.05) is 0 Å². The minimum Gasteiger partial charge on any atom is -0.481 e. The number of hydrogen-bond donors (Lipinski definition) is 7. The van der Waals surface area contributed by atoms with Crippen molar-refractivity contribution in [3.8, 4) is 0 Å². The van der Waals surface area contributed by atoms with Crippen LogP contribution in [0.15, 0.2) is 0 Å². The number of carboxylic acids is 3. The van der Waals surface area contributed by atoms with E-state index in [1.165, 1.54) is 0 Å². The normalized spacial score (nSPS) is 18.7. The largest absolute Gasteiger partial charge is 0.481 e. The van der Waals surface area contributed by atoms with Crippen LogP contribution in [0.2, 0.25) is 0 Å². The summed E-state index contributed by atoms with van der Waals surface area (Å²) in [5, 5.41) is 31.2. The Labute approximate surface area is 176 Å². The number of likely N-dealkylation sites (tertiary alicyclic amines) is 1. The molecule has 1 aliphatic rings. The van der Waals surface area contributed by atoms with E-state index < -0.39 is 72.6 Å². The molecule has 0 aromatic heterocycles. The fraction of sp³-hybridized carbons (Fsp3) is 0.625. The molecule has 4 atom stereocenters. The summed E-state index contributed by atoms with van der Waals surface area (Å²) in [6, 6.07) is -5.42. The van der Waals surface area contributed by atoms with Crippen molar-refractivity contribution in [2.75, 3.05) is 12.3 Å². The van der Waals surface area contributed by atoms with E-state index in [4.69, 9.17) is 21.1 Å². The molecule has 3 amide bonds. The van der Waals surface area contributed by atoms with Gasteiger partial charge in [0, 0.05) is 12.3 Å². The monoisotopic (exact) mass is 448 g/mol. The lowest BCUT2D eigenvalue weighted by Crippen LogP contribution is -2.57. The predicted octanol–water partition coefficient (Wildman–Crippen LogP) is -2.76. The van der Waals surface area contributed by atoms with Crippen LogP contribution in [0.5, 0.6) is 0 Å². The summed E-state index contributed by atoms with van der Waals surface area (Å²) in [4.78, 5) is 71.4. The summed E-state index contributed by atoms with van der Waals surface area (Å²) in [6.07, 6.45) is -1.10. The van der Waals surface area contributed by atoms with Gasteiger partial charge in [0.1, 0.15) is 18.1 Å². The molecule has 1 aliphatic heterocycles. The van der Waals surface area contributed by atoms with Crippen molar-refractivity contribution >= 4 is 48.3 Å². The number of carbonyl (C=O) groups excluding carboxylic acids is 3. The van der Waals surface area contributed by atoms with Gasteiger partial charge in [-0.05, 0) is 12.8 Å². The Morgan fingerprint density at radius 2 is 1.57 bits per heavy atom. The molecule has 14 heteroatoms. The standard InChI is InChI=1S/C16H24N4O9S/c17-7(6-30)13(25)18-8(4-11(21)22)15(27)20-3-1-2-10(20)14(26)19-9(16(28)29)5-12(23)24/h7-10,30H,1-6,17H2,(H,18,25)(H,19,26)(H,21,22)(H,23,24)(H,28,29). The molecule has 1 rings (SSSR count). The molecule has 0 bridgehead atoms. The van der Waals surface area contributed by atoms with E-state index >= 15 is 0 Å². The summed E-state index contributed by atoms with van der Waals surface area (Å²) in [6.45, 7) is 0.0677. The number of rotatable bonds is 11. The Morgan fingerprint density at radius 1 is 1.00 bits per heavy atom. The van der Waals surface area contributed by atoms with Crippen LogP contribution >= 0.6 is 12.6 Å². The number of amides is 3. The van der Waals surface area contributed by atoms with Gasteiger partial charge in [0.15, 0.2) is 0 Å². The molecule has 168 valence electrons. The first-order chi connectivity index (χ1) is 14.0. The molecule has 7 N–H and O–H groups in total. The molecule has 30 heavy (non-hydrogen) atoms. The number of aliphatic carboxylic acids is 3. The van der Waals surface area contributed by atoms with Gasteiger partial charge in [0.05, 0.1) is 18.9 Å². The fourth-order valence-corrected chi connectivity index (χ4v) is 3.05. The van der Waals surface area contributed by atoms with E-state index in [2.05, 4.69) is 23.3 Å². The molecule has 0 aliphatic carbocycles. The van der Waals surface area contributed by atoms with E-state index in [1.807, 2.05) is 0 Å². The quantitative estimate of drug-likeness (QED) is 0.161. The molecule has 0 aromatic rings. The van der Waals surface area contributed by atoms with Crippen molar-refractivity contribution < 1.29 is 44.1 Å². The summed E-state index contributed by atoms with van der Waals surface area (Å²) < 4.78 is 0. The number of carboxylic acid groups (broad SMARTS) is 3. The molecule has 1 fully saturated rings. The van der Waals surface area contributed by atoms with Gasteiger partial charge in [-0.3, -0.25) is 24.0 Å². The number of hydrogen-bond acceptors (Lipinski definition) is 8. The number of nitrogens with zero attached hydrogens (tertiary/aromatic N) is 1. The molecule has 0 saturated carbocycles. The van der Waals surface area contributed by atoms with Crippen LogP contribution in [-0.2, 0) is 28.8 Å². The van der Waals surface area contributed by atoms with Crippen LogP contribution in [0.25, 0.3) is 0 Å². The fourth-order valence-electron chi connectivity index (χ4n) is 2.88. The van der Waals surface area contributed by atoms with Gasteiger partial charge < -0.3 is 36.6 Å². The van der Waals surface area contributed by atoms with Crippen molar-refractivity contribution in [3.05, 3.63) is 0 Å². The molecule has 0 radical (unpaired) electrons. The van der Waals surface area contributed by atoms with Gasteiger partial charge in [0.2, 0.25) is 17.7 Å². The highest BCUT2D eigenvalue weighted by Gasteiger charge is 2.39. The molecule has 4 unspecified atom stereocenters. The number of nitrogens with two attached hydrogens (primary N) is 1. The van der Waals surface area contributed by atoms with Crippen LogP contribution in [0.3, 0.4) is 0 Å². The highest BCUT2D eigenvalue weighted by atomic mass is 32.1. The van der Waals surface area contributed by atoms with E-state index in [1.54, 1.807) is 0 Å². The van der Waals surface area contributed by atoms with Crippen LogP contribution < -0.4 is 16.4 Å². The van der Waals surface area contributed by atoms with E-state index in [0.29, 0.717) is 6.42 Å². The van der Waals surface area contributed by atoms with Crippen LogP contribution in [-0.4, -0.2) is 92.3 Å². The Kier molecular flexibility index (Phi) is 9.52. The summed E-state index contributed by atoms with van der Waals surface area (Å²) in [5.74, 6) is -6.95. The van der Waals surface area contributed by atoms with Crippen LogP contribution in [0, 0.1) is 0 Å². The number of carbonyl (C=O) groups is 6. The van der Waals surface area contributed by atoms with Gasteiger partial charge in [-0.25, -0.2) is 4.79 Å². The van der Waals surface area contributed by atoms with E-state index in [-0.39, 0.29) is 18.7 Å². The van der Waals surface area contributed by atoms with Crippen molar-refractivity contribution in [1.82, 2.24) is 15.5 Å². The summed E-state index contributed by atoms with van der Waals surface area (Å²) >= 11 is 3.86. The Balaban J connectivity index is 2.96. The highest BCUT2D eigenvalue weighted by Crippen LogP contribution is 2.20. The first-order valence-electron chi connectivity index (χ1n) is 8.92. The smallest absolute Gasteiger partial charge is 0.326 e. The molecule has 1 heterocycles. The lowest BCUT2D eigenvalue weighted by Gasteiger charge is -2.29. The minimum absolute atomic E-state index is 0.0469. The average molecular weight is 448 g/mol. The van der Waals surface area contributed by atoms with Crippen LogP contribution in [0.4, 0.5) is 0 Å². The zero-order valence-corrected chi connectivity index (χ0v) is 16.7. The molecule has 0 aromatic carbocycles. The van der Waals surface area contributed by atoms with Crippen LogP contribution in [0.1, 0.15) is 25.7 Å². The third-order valence-electron chi connectivity index (χ3n) is 4.36.